The Kier molecular flexibility index (Phi) is 7.45. The van der Waals surface area contributed by atoms with E-state index in [0.717, 1.165) is 28.4 Å². The molecule has 0 aromatic carbocycles. The number of pyridine rings is 1. The molecule has 0 bridgehead atoms. The Bertz CT molecular complexity index is 959. The standard InChI is InChI=1S/C26H40N4OS/c1-17-22(32-27)15-21(30(17)16-18-11-9-8-10-12-18)19-13-20(24(31)29-26(5,6)7)28-23(14-19)25(2,3)4/h13-15,18H,8-12,16,27H2,1-7H3,(H,29,31). The summed E-state index contributed by atoms with van der Waals surface area (Å²) in [6, 6.07) is 6.26. The molecule has 0 unspecified atom stereocenters. The van der Waals surface area contributed by atoms with E-state index in [9.17, 15) is 4.79 Å². The van der Waals surface area contributed by atoms with Gasteiger partial charge in [-0.25, -0.2) is 4.98 Å². The molecule has 0 atom stereocenters. The van der Waals surface area contributed by atoms with Gasteiger partial charge in [-0.2, -0.15) is 0 Å². The molecule has 3 rings (SSSR count). The Morgan fingerprint density at radius 3 is 2.34 bits per heavy atom. The molecule has 32 heavy (non-hydrogen) atoms. The normalized spacial score (nSPS) is 15.8. The molecule has 1 aliphatic rings. The van der Waals surface area contributed by atoms with Crippen molar-refractivity contribution < 1.29 is 4.79 Å². The van der Waals surface area contributed by atoms with Gasteiger partial charge >= 0.3 is 0 Å². The third-order valence-corrected chi connectivity index (χ3v) is 6.89. The van der Waals surface area contributed by atoms with Gasteiger partial charge in [-0.15, -0.1) is 0 Å². The van der Waals surface area contributed by atoms with E-state index in [-0.39, 0.29) is 16.9 Å². The van der Waals surface area contributed by atoms with Crippen LogP contribution < -0.4 is 10.5 Å². The van der Waals surface area contributed by atoms with Gasteiger partial charge in [0.15, 0.2) is 0 Å². The van der Waals surface area contributed by atoms with E-state index in [2.05, 4.69) is 49.7 Å². The Hall–Kier alpha value is -1.79. The van der Waals surface area contributed by atoms with E-state index in [1.807, 2.05) is 26.8 Å². The Balaban J connectivity index is 2.11. The fourth-order valence-electron chi connectivity index (χ4n) is 4.43. The lowest BCUT2D eigenvalue weighted by atomic mass is 9.88. The number of rotatable bonds is 5. The number of nitrogens with zero attached hydrogens (tertiary/aromatic N) is 2. The minimum atomic E-state index is -0.322. The molecule has 176 valence electrons. The Morgan fingerprint density at radius 2 is 1.78 bits per heavy atom. The summed E-state index contributed by atoms with van der Waals surface area (Å²) < 4.78 is 2.42. The number of nitrogens with two attached hydrogens (primary N) is 1. The maximum atomic E-state index is 13.0. The van der Waals surface area contributed by atoms with Crippen LogP contribution >= 0.6 is 11.9 Å². The van der Waals surface area contributed by atoms with Gasteiger partial charge in [-0.05, 0) is 76.6 Å². The number of hydrogen-bond donors (Lipinski definition) is 2. The largest absolute Gasteiger partial charge is 0.346 e. The third-order valence-electron chi connectivity index (χ3n) is 6.22. The van der Waals surface area contributed by atoms with Crippen LogP contribution in [0.15, 0.2) is 23.1 Å². The van der Waals surface area contributed by atoms with E-state index in [1.54, 1.807) is 0 Å². The summed E-state index contributed by atoms with van der Waals surface area (Å²) in [5, 5.41) is 9.09. The van der Waals surface area contributed by atoms with Crippen molar-refractivity contribution in [2.45, 2.75) is 103 Å². The minimum absolute atomic E-state index is 0.139. The maximum Gasteiger partial charge on any atom is 0.270 e. The Morgan fingerprint density at radius 1 is 1.12 bits per heavy atom. The SMILES string of the molecule is Cc1c(SN)cc(-c2cc(C(=O)NC(C)(C)C)nc(C(C)(C)C)c2)n1CC1CCCCC1. The van der Waals surface area contributed by atoms with E-state index in [1.165, 1.54) is 49.7 Å². The number of aromatic nitrogens is 2. The summed E-state index contributed by atoms with van der Waals surface area (Å²) in [6.45, 7) is 15.5. The van der Waals surface area contributed by atoms with Gasteiger partial charge in [0.05, 0.1) is 0 Å². The molecule has 0 spiro atoms. The molecule has 5 nitrogen and oxygen atoms in total. The van der Waals surface area contributed by atoms with Crippen LogP contribution in [0.2, 0.25) is 0 Å². The summed E-state index contributed by atoms with van der Waals surface area (Å²) in [5.41, 5.74) is 4.24. The first-order valence-corrected chi connectivity index (χ1v) is 12.7. The number of nitrogens with one attached hydrogen (secondary N) is 1. The van der Waals surface area contributed by atoms with E-state index >= 15 is 0 Å². The average molecular weight is 457 g/mol. The van der Waals surface area contributed by atoms with Crippen LogP contribution in [0.5, 0.6) is 0 Å². The topological polar surface area (TPSA) is 72.9 Å². The first-order chi connectivity index (χ1) is 14.9. The highest BCUT2D eigenvalue weighted by atomic mass is 32.2. The number of hydrogen-bond acceptors (Lipinski definition) is 4. The summed E-state index contributed by atoms with van der Waals surface area (Å²) in [6.07, 6.45) is 6.55. The lowest BCUT2D eigenvalue weighted by molar-refractivity contribution is 0.0914. The van der Waals surface area contributed by atoms with Crippen LogP contribution in [-0.2, 0) is 12.0 Å². The summed E-state index contributed by atoms with van der Waals surface area (Å²) in [5.74, 6) is 0.553. The van der Waals surface area contributed by atoms with Crippen molar-refractivity contribution in [1.29, 1.82) is 0 Å². The van der Waals surface area contributed by atoms with E-state index < -0.39 is 0 Å². The zero-order valence-electron chi connectivity index (χ0n) is 20.8. The molecule has 0 aliphatic heterocycles. The van der Waals surface area contributed by atoms with Crippen LogP contribution in [0.25, 0.3) is 11.3 Å². The quantitative estimate of drug-likeness (QED) is 0.523. The van der Waals surface area contributed by atoms with Gasteiger partial charge in [0.1, 0.15) is 5.69 Å². The molecule has 3 N–H and O–H groups in total. The highest BCUT2D eigenvalue weighted by Crippen LogP contribution is 2.35. The van der Waals surface area contributed by atoms with Crippen LogP contribution in [0.3, 0.4) is 0 Å². The van der Waals surface area contributed by atoms with Crippen molar-refractivity contribution in [2.24, 2.45) is 11.1 Å². The smallest absolute Gasteiger partial charge is 0.270 e. The molecule has 6 heteroatoms. The second-order valence-corrected chi connectivity index (χ2v) is 12.0. The zero-order chi connectivity index (χ0) is 23.7. The molecule has 2 aromatic rings. The lowest BCUT2D eigenvalue weighted by Gasteiger charge is -2.25. The van der Waals surface area contributed by atoms with Crippen molar-refractivity contribution >= 4 is 17.9 Å². The molecule has 1 saturated carbocycles. The molecule has 0 saturated heterocycles. The molecule has 1 amide bonds. The molecule has 0 radical (unpaired) electrons. The second-order valence-electron chi connectivity index (χ2n) is 11.3. The van der Waals surface area contributed by atoms with Gasteiger partial charge in [-0.1, -0.05) is 40.0 Å². The zero-order valence-corrected chi connectivity index (χ0v) is 21.7. The average Bonchev–Trinajstić information content (AvgIpc) is 3.02. The van der Waals surface area contributed by atoms with Crippen LogP contribution in [-0.4, -0.2) is 21.0 Å². The highest BCUT2D eigenvalue weighted by Gasteiger charge is 2.25. The third kappa shape index (κ3) is 5.96. The van der Waals surface area contributed by atoms with Crippen LogP contribution in [0.4, 0.5) is 0 Å². The van der Waals surface area contributed by atoms with Gasteiger partial charge in [0.2, 0.25) is 0 Å². The van der Waals surface area contributed by atoms with Gasteiger partial charge in [-0.3, -0.25) is 9.93 Å². The maximum absolute atomic E-state index is 13.0. The monoisotopic (exact) mass is 456 g/mol. The number of amides is 1. The van der Waals surface area contributed by atoms with Gasteiger partial charge < -0.3 is 9.88 Å². The fraction of sp³-hybridized carbons (Fsp3) is 0.615. The van der Waals surface area contributed by atoms with E-state index in [0.29, 0.717) is 11.6 Å². The van der Waals surface area contributed by atoms with Crippen molar-refractivity contribution in [2.75, 3.05) is 0 Å². The number of carbonyl (C=O) groups is 1. The van der Waals surface area contributed by atoms with Crippen molar-refractivity contribution in [3.63, 3.8) is 0 Å². The van der Waals surface area contributed by atoms with Crippen molar-refractivity contribution in [3.8, 4) is 11.3 Å². The molecule has 2 aromatic heterocycles. The van der Waals surface area contributed by atoms with Crippen LogP contribution in [0, 0.1) is 12.8 Å². The second kappa shape index (κ2) is 9.60. The predicted molar refractivity (Wildman–Crippen MR) is 135 cm³/mol. The fourth-order valence-corrected chi connectivity index (χ4v) is 4.89. The molecule has 2 heterocycles. The summed E-state index contributed by atoms with van der Waals surface area (Å²) in [4.78, 5) is 18.9. The molecule has 1 aliphatic carbocycles. The number of carbonyl (C=O) groups excluding carboxylic acids is 1. The summed E-state index contributed by atoms with van der Waals surface area (Å²) in [7, 11) is 0. The first-order valence-electron chi connectivity index (χ1n) is 11.8. The molecular weight excluding hydrogens is 416 g/mol. The molecule has 1 fully saturated rings. The first kappa shape index (κ1) is 24.8. The predicted octanol–water partition coefficient (Wildman–Crippen LogP) is 6.23. The minimum Gasteiger partial charge on any atom is -0.346 e. The van der Waals surface area contributed by atoms with E-state index in [4.69, 9.17) is 10.1 Å². The molecular formula is C26H40N4OS. The van der Waals surface area contributed by atoms with Gasteiger partial charge in [0, 0.05) is 45.0 Å². The highest BCUT2D eigenvalue weighted by molar-refractivity contribution is 7.97. The Labute approximate surface area is 198 Å². The lowest BCUT2D eigenvalue weighted by Crippen LogP contribution is -2.41. The van der Waals surface area contributed by atoms with Crippen molar-refractivity contribution in [1.82, 2.24) is 14.9 Å². The van der Waals surface area contributed by atoms with Gasteiger partial charge in [0.25, 0.3) is 5.91 Å². The van der Waals surface area contributed by atoms with Crippen molar-refractivity contribution in [3.05, 3.63) is 35.3 Å². The van der Waals surface area contributed by atoms with Crippen LogP contribution in [0.1, 0.15) is 95.5 Å². The summed E-state index contributed by atoms with van der Waals surface area (Å²) >= 11 is 1.30.